The van der Waals surface area contributed by atoms with Gasteiger partial charge in [-0.25, -0.2) is 4.90 Å². The number of ether oxygens (including phenoxy) is 2. The number of rotatable bonds is 9. The highest BCUT2D eigenvalue weighted by atomic mass is 19.4. The van der Waals surface area contributed by atoms with Gasteiger partial charge in [-0.3, -0.25) is 15.5 Å². The second kappa shape index (κ2) is 12.1. The summed E-state index contributed by atoms with van der Waals surface area (Å²) in [7, 11) is 3.92. The molecule has 1 aromatic carbocycles. The molecule has 43 heavy (non-hydrogen) atoms. The van der Waals surface area contributed by atoms with E-state index in [4.69, 9.17) is 10.5 Å². The number of alkyl halides is 3. The molecular weight excluding hydrogens is 569 g/mol. The lowest BCUT2D eigenvalue weighted by Gasteiger charge is -2.45. The number of halogens is 3. The van der Waals surface area contributed by atoms with E-state index >= 15 is 0 Å². The van der Waals surface area contributed by atoms with E-state index in [1.54, 1.807) is 6.07 Å². The molecule has 1 aliphatic carbocycles. The minimum absolute atomic E-state index is 0.00572. The molecular formula is C28H45F3N8O4. The van der Waals surface area contributed by atoms with Crippen LogP contribution in [0.2, 0.25) is 0 Å². The maximum atomic E-state index is 12.6. The topological polar surface area (TPSA) is 134 Å². The highest BCUT2D eigenvalue weighted by molar-refractivity contribution is 5.77. The summed E-state index contributed by atoms with van der Waals surface area (Å²) in [6.07, 6.45) is -4.19. The molecule has 1 saturated carbocycles. The minimum atomic E-state index is -4.72. The molecule has 4 fully saturated rings. The van der Waals surface area contributed by atoms with Crippen LogP contribution in [0.3, 0.4) is 0 Å². The van der Waals surface area contributed by atoms with E-state index in [1.165, 1.54) is 12.1 Å². The Labute approximate surface area is 250 Å². The van der Waals surface area contributed by atoms with Crippen LogP contribution >= 0.6 is 0 Å². The third kappa shape index (κ3) is 6.16. The molecule has 1 aromatic rings. The molecule has 0 radical (unpaired) electrons. The lowest BCUT2D eigenvalue weighted by atomic mass is 9.76. The van der Waals surface area contributed by atoms with Crippen LogP contribution in [-0.2, 0) is 4.74 Å². The average Bonchev–Trinajstić information content (AvgIpc) is 3.58. The van der Waals surface area contributed by atoms with E-state index in [9.17, 15) is 23.4 Å². The zero-order valence-corrected chi connectivity index (χ0v) is 24.9. The highest BCUT2D eigenvalue weighted by Crippen LogP contribution is 2.41. The molecule has 15 heteroatoms. The fourth-order valence-electron chi connectivity index (χ4n) is 7.46. The van der Waals surface area contributed by atoms with Gasteiger partial charge in [0.05, 0.1) is 49.3 Å². The van der Waals surface area contributed by atoms with E-state index < -0.39 is 30.9 Å². The summed E-state index contributed by atoms with van der Waals surface area (Å²) >= 11 is 0. The van der Waals surface area contributed by atoms with Crippen LogP contribution in [0, 0.1) is 5.92 Å². The molecule has 8 atom stereocenters. The number of benzene rings is 1. The first-order chi connectivity index (χ1) is 20.4. The molecule has 6 rings (SSSR count). The Hall–Kier alpha value is -1.95. The van der Waals surface area contributed by atoms with Crippen LogP contribution in [0.5, 0.6) is 5.75 Å². The quantitative estimate of drug-likeness (QED) is 0.231. The van der Waals surface area contributed by atoms with Crippen molar-refractivity contribution in [2.45, 2.75) is 94.1 Å². The largest absolute Gasteiger partial charge is 0.573 e. The lowest BCUT2D eigenvalue weighted by Crippen LogP contribution is -2.69. The van der Waals surface area contributed by atoms with Crippen LogP contribution in [0.1, 0.15) is 32.6 Å². The number of nitrogens with zero attached hydrogens (tertiary/aromatic N) is 4. The molecule has 0 bridgehead atoms. The molecule has 3 saturated heterocycles. The third-order valence-corrected chi connectivity index (χ3v) is 10.1. The Morgan fingerprint density at radius 3 is 2.63 bits per heavy atom. The second-order valence-corrected chi connectivity index (χ2v) is 12.7. The standard InChI is InChI=1S/C28H45F3N8O4/c1-4-38-13-34-25(32)22-26(38)39(14-33-22)27-24(41)23(40)20(42-27)12-36(2)16-9-15(10-16)5-8-21-35-18-7-6-17(43-28(29,30)31)11-19(18)37(21)3/h6-7,11,15-16,20-27,33-35,40-41H,4-5,8-10,12-14,32H2,1-3H3/t15-,16+,20-,21?,22?,23-,24-,25?,26?,27-/m1/s1. The SMILES string of the molecule is CCN1CNC(N)C2NCN([C@@H]3O[C@H](CN(C)[C@H]4C[C@@H](CCC5Nc6ccc(OC(F)(F)F)cc6N5C)C4)[C@@H](O)[C@H]3O)C21. The van der Waals surface area contributed by atoms with Gasteiger partial charge in [-0.1, -0.05) is 6.92 Å². The maximum Gasteiger partial charge on any atom is 0.573 e. The predicted octanol–water partition coefficient (Wildman–Crippen LogP) is 0.435. The normalized spacial score (nSPS) is 38.2. The van der Waals surface area contributed by atoms with Gasteiger partial charge in [0.2, 0.25) is 0 Å². The number of nitrogens with one attached hydrogen (secondary N) is 3. The summed E-state index contributed by atoms with van der Waals surface area (Å²) in [5, 5.41) is 32.1. The van der Waals surface area contributed by atoms with Crippen molar-refractivity contribution in [1.29, 1.82) is 0 Å². The van der Waals surface area contributed by atoms with Crippen LogP contribution in [0.25, 0.3) is 0 Å². The van der Waals surface area contributed by atoms with Crippen LogP contribution in [-0.4, -0.2) is 127 Å². The summed E-state index contributed by atoms with van der Waals surface area (Å²) in [6.45, 7) is 4.59. The van der Waals surface area contributed by atoms with Crippen LogP contribution in [0.4, 0.5) is 24.5 Å². The minimum Gasteiger partial charge on any atom is -0.406 e. The monoisotopic (exact) mass is 614 g/mol. The van der Waals surface area contributed by atoms with Gasteiger partial charge < -0.3 is 40.5 Å². The van der Waals surface area contributed by atoms with E-state index in [-0.39, 0.29) is 30.3 Å². The highest BCUT2D eigenvalue weighted by Gasteiger charge is 2.53. The molecule has 12 nitrogen and oxygen atoms in total. The van der Waals surface area contributed by atoms with Gasteiger partial charge in [-0.15, -0.1) is 13.2 Å². The van der Waals surface area contributed by atoms with Crippen molar-refractivity contribution in [3.63, 3.8) is 0 Å². The average molecular weight is 615 g/mol. The number of fused-ring (bicyclic) bond motifs is 2. The first-order valence-corrected chi connectivity index (χ1v) is 15.3. The van der Waals surface area contributed by atoms with Crippen molar-refractivity contribution in [2.75, 3.05) is 50.7 Å². The van der Waals surface area contributed by atoms with Gasteiger partial charge in [-0.2, -0.15) is 0 Å². The fraction of sp³-hybridized carbons (Fsp3) is 0.786. The van der Waals surface area contributed by atoms with E-state index in [1.807, 2.05) is 19.0 Å². The van der Waals surface area contributed by atoms with Crippen molar-refractivity contribution in [1.82, 2.24) is 25.3 Å². The van der Waals surface area contributed by atoms with Gasteiger partial charge in [0.25, 0.3) is 0 Å². The zero-order valence-electron chi connectivity index (χ0n) is 24.9. The Balaban J connectivity index is 0.962. The molecule has 0 amide bonds. The molecule has 4 aliphatic heterocycles. The van der Waals surface area contributed by atoms with Crippen molar-refractivity contribution in [3.05, 3.63) is 18.2 Å². The summed E-state index contributed by atoms with van der Waals surface area (Å²) < 4.78 is 48.3. The first-order valence-electron chi connectivity index (χ1n) is 15.3. The van der Waals surface area contributed by atoms with Gasteiger partial charge in [0.15, 0.2) is 0 Å². The Bertz CT molecular complexity index is 1130. The molecule has 242 valence electrons. The van der Waals surface area contributed by atoms with E-state index in [0.717, 1.165) is 37.9 Å². The number of anilines is 2. The molecule has 5 aliphatic rings. The molecule has 4 unspecified atom stereocenters. The molecule has 4 heterocycles. The first kappa shape index (κ1) is 31.0. The van der Waals surface area contributed by atoms with Gasteiger partial charge in [-0.05, 0) is 57.3 Å². The number of hydrogen-bond acceptors (Lipinski definition) is 12. The summed E-state index contributed by atoms with van der Waals surface area (Å²) in [4.78, 5) is 8.53. The van der Waals surface area contributed by atoms with Crippen molar-refractivity contribution >= 4 is 11.4 Å². The lowest BCUT2D eigenvalue weighted by molar-refractivity contribution is -0.274. The predicted molar refractivity (Wildman–Crippen MR) is 154 cm³/mol. The van der Waals surface area contributed by atoms with Crippen molar-refractivity contribution in [2.24, 2.45) is 11.7 Å². The molecule has 0 aromatic heterocycles. The molecule has 7 N–H and O–H groups in total. The summed E-state index contributed by atoms with van der Waals surface area (Å²) in [5.74, 6) is 0.320. The van der Waals surface area contributed by atoms with E-state index in [2.05, 4.69) is 42.3 Å². The number of hydrogen-bond donors (Lipinski definition) is 6. The van der Waals surface area contributed by atoms with Gasteiger partial charge in [0.1, 0.15) is 30.3 Å². The maximum absolute atomic E-state index is 12.6. The van der Waals surface area contributed by atoms with Crippen molar-refractivity contribution < 1.29 is 32.9 Å². The fourth-order valence-corrected chi connectivity index (χ4v) is 7.46. The Morgan fingerprint density at radius 1 is 1.14 bits per heavy atom. The third-order valence-electron chi connectivity index (χ3n) is 10.1. The number of aliphatic hydroxyl groups is 2. The number of aliphatic hydroxyl groups excluding tert-OH is 2. The Kier molecular flexibility index (Phi) is 8.74. The Morgan fingerprint density at radius 2 is 1.91 bits per heavy atom. The number of nitrogens with two attached hydrogens (primary N) is 1. The number of likely N-dealkylation sites (N-methyl/N-ethyl adjacent to an activating group) is 2. The smallest absolute Gasteiger partial charge is 0.406 e. The van der Waals surface area contributed by atoms with Gasteiger partial charge in [0, 0.05) is 25.7 Å². The van der Waals surface area contributed by atoms with Gasteiger partial charge >= 0.3 is 6.36 Å². The zero-order chi connectivity index (χ0) is 30.6. The van der Waals surface area contributed by atoms with E-state index in [0.29, 0.717) is 37.5 Å². The second-order valence-electron chi connectivity index (χ2n) is 12.7. The summed E-state index contributed by atoms with van der Waals surface area (Å²) in [6, 6.07) is 4.73. The molecule has 0 spiro atoms. The summed E-state index contributed by atoms with van der Waals surface area (Å²) in [5.41, 5.74) is 7.79. The van der Waals surface area contributed by atoms with Crippen molar-refractivity contribution in [3.8, 4) is 5.75 Å². The van der Waals surface area contributed by atoms with Crippen LogP contribution < -0.4 is 31.3 Å². The van der Waals surface area contributed by atoms with Crippen LogP contribution in [0.15, 0.2) is 18.2 Å².